The van der Waals surface area contributed by atoms with Crippen molar-refractivity contribution in [3.05, 3.63) is 53.8 Å². The van der Waals surface area contributed by atoms with Gasteiger partial charge in [-0.05, 0) is 49.4 Å². The summed E-state index contributed by atoms with van der Waals surface area (Å²) in [7, 11) is 1.64. The topological polar surface area (TPSA) is 124 Å². The van der Waals surface area contributed by atoms with Crippen LogP contribution in [0.5, 0.6) is 5.75 Å². The summed E-state index contributed by atoms with van der Waals surface area (Å²) in [5, 5.41) is 15.6. The number of ether oxygens (including phenoxy) is 2. The number of hydrogen-bond acceptors (Lipinski definition) is 7. The summed E-state index contributed by atoms with van der Waals surface area (Å²) in [6.45, 7) is 7.62. The minimum atomic E-state index is -0.504. The molecule has 4 rings (SSSR count). The Balaban J connectivity index is 1.50. The number of aliphatic hydroxyl groups excluding tert-OH is 1. The fourth-order valence-electron chi connectivity index (χ4n) is 5.14. The summed E-state index contributed by atoms with van der Waals surface area (Å²) in [5.41, 5.74) is 1.62. The lowest BCUT2D eigenvalue weighted by atomic mass is 10.0. The summed E-state index contributed by atoms with van der Waals surface area (Å²) < 4.78 is 25.1. The molecule has 2 aliphatic heterocycles. The number of carbonyl (C=O) groups is 3. The van der Waals surface area contributed by atoms with Crippen LogP contribution in [0.15, 0.2) is 42.5 Å². The van der Waals surface area contributed by atoms with Gasteiger partial charge in [-0.25, -0.2) is 9.18 Å². The maximum absolute atomic E-state index is 13.5. The molecule has 2 aliphatic rings. The number of urea groups is 1. The molecule has 3 atom stereocenters. The van der Waals surface area contributed by atoms with Crippen LogP contribution in [0.3, 0.4) is 0 Å². The molecule has 43 heavy (non-hydrogen) atoms. The predicted molar refractivity (Wildman–Crippen MR) is 161 cm³/mol. The van der Waals surface area contributed by atoms with E-state index in [-0.39, 0.29) is 37.3 Å². The standard InChI is InChI=1S/C31H42FN5O6/c1-21-18-37(22(2)20-38)30(40)17-23-16-26(33-29(39)10-11-36-12-14-42-15-13-36)8-9-27(23)43-28(21)19-35(3)31(41)34-25-6-4-24(32)5-7-25/h4-9,16,21-22,28,38H,10-15,17-20H2,1-3H3,(H,33,39)(H,34,41)/t21-,22+,28+/m1/s1. The van der Waals surface area contributed by atoms with Crippen LogP contribution in [0, 0.1) is 11.7 Å². The van der Waals surface area contributed by atoms with E-state index >= 15 is 0 Å². The van der Waals surface area contributed by atoms with E-state index < -0.39 is 24.0 Å². The third-order valence-electron chi connectivity index (χ3n) is 7.86. The molecule has 4 amide bonds. The first-order valence-corrected chi connectivity index (χ1v) is 14.7. The van der Waals surface area contributed by atoms with E-state index in [0.717, 1.165) is 13.1 Å². The van der Waals surface area contributed by atoms with Gasteiger partial charge in [0.15, 0.2) is 0 Å². The van der Waals surface area contributed by atoms with Crippen LogP contribution in [0.4, 0.5) is 20.6 Å². The van der Waals surface area contributed by atoms with Gasteiger partial charge in [0.25, 0.3) is 0 Å². The average Bonchev–Trinajstić information content (AvgIpc) is 3.04. The number of nitrogens with one attached hydrogen (secondary N) is 2. The van der Waals surface area contributed by atoms with E-state index in [1.54, 1.807) is 37.1 Å². The van der Waals surface area contributed by atoms with Crippen molar-refractivity contribution < 1.29 is 33.4 Å². The first-order chi connectivity index (χ1) is 20.6. The van der Waals surface area contributed by atoms with Gasteiger partial charge < -0.3 is 35.0 Å². The second-order valence-electron chi connectivity index (χ2n) is 11.3. The van der Waals surface area contributed by atoms with Crippen molar-refractivity contribution in [2.45, 2.75) is 38.8 Å². The fraction of sp³-hybridized carbons (Fsp3) is 0.516. The minimum Gasteiger partial charge on any atom is -0.488 e. The molecule has 2 aromatic carbocycles. The molecule has 11 nitrogen and oxygen atoms in total. The Bertz CT molecular complexity index is 1260. The van der Waals surface area contributed by atoms with Crippen LogP contribution in [-0.2, 0) is 20.7 Å². The quantitative estimate of drug-likeness (QED) is 0.405. The van der Waals surface area contributed by atoms with Crippen LogP contribution in [0.2, 0.25) is 0 Å². The van der Waals surface area contributed by atoms with Gasteiger partial charge in [0.1, 0.15) is 17.7 Å². The van der Waals surface area contributed by atoms with Gasteiger partial charge in [-0.1, -0.05) is 6.92 Å². The summed E-state index contributed by atoms with van der Waals surface area (Å²) in [6, 6.07) is 9.92. The maximum Gasteiger partial charge on any atom is 0.321 e. The van der Waals surface area contributed by atoms with Gasteiger partial charge in [0, 0.05) is 62.5 Å². The molecule has 12 heteroatoms. The Kier molecular flexibility index (Phi) is 11.3. The normalized spacial score (nSPS) is 20.1. The zero-order valence-corrected chi connectivity index (χ0v) is 25.1. The second kappa shape index (κ2) is 15.1. The van der Waals surface area contributed by atoms with Crippen LogP contribution >= 0.6 is 0 Å². The predicted octanol–water partition coefficient (Wildman–Crippen LogP) is 2.80. The highest BCUT2D eigenvalue weighted by atomic mass is 19.1. The van der Waals surface area contributed by atoms with Gasteiger partial charge in [0.05, 0.1) is 38.8 Å². The van der Waals surface area contributed by atoms with Crippen molar-refractivity contribution in [2.24, 2.45) is 5.92 Å². The number of nitrogens with zero attached hydrogens (tertiary/aromatic N) is 3. The Morgan fingerprint density at radius 1 is 1.12 bits per heavy atom. The third-order valence-corrected chi connectivity index (χ3v) is 7.86. The van der Waals surface area contributed by atoms with Crippen LogP contribution in [0.1, 0.15) is 25.8 Å². The zero-order valence-electron chi connectivity index (χ0n) is 25.1. The number of morpholine rings is 1. The Morgan fingerprint density at radius 3 is 2.51 bits per heavy atom. The van der Waals surface area contributed by atoms with E-state index in [2.05, 4.69) is 15.5 Å². The molecule has 0 aromatic heterocycles. The molecule has 0 aliphatic carbocycles. The molecule has 234 valence electrons. The van der Waals surface area contributed by atoms with E-state index in [0.29, 0.717) is 55.4 Å². The monoisotopic (exact) mass is 599 g/mol. The number of hydrogen-bond donors (Lipinski definition) is 3. The minimum absolute atomic E-state index is 0.0253. The maximum atomic E-state index is 13.5. The number of amides is 4. The molecule has 2 aromatic rings. The van der Waals surface area contributed by atoms with E-state index in [1.165, 1.54) is 29.2 Å². The number of anilines is 2. The molecule has 1 fully saturated rings. The van der Waals surface area contributed by atoms with Gasteiger partial charge in [-0.2, -0.15) is 0 Å². The van der Waals surface area contributed by atoms with Gasteiger partial charge >= 0.3 is 6.03 Å². The molecular weight excluding hydrogens is 557 g/mol. The number of carbonyl (C=O) groups excluding carboxylic acids is 3. The molecule has 2 heterocycles. The molecule has 0 radical (unpaired) electrons. The summed E-state index contributed by atoms with van der Waals surface area (Å²) in [5.74, 6) is -0.411. The second-order valence-corrected chi connectivity index (χ2v) is 11.3. The van der Waals surface area contributed by atoms with Gasteiger partial charge in [-0.15, -0.1) is 0 Å². The summed E-state index contributed by atoms with van der Waals surface area (Å²) >= 11 is 0. The Labute approximate surface area is 251 Å². The van der Waals surface area contributed by atoms with E-state index in [1.807, 2.05) is 6.92 Å². The first kappa shape index (κ1) is 32.2. The number of aliphatic hydroxyl groups is 1. The number of fused-ring (bicyclic) bond motifs is 1. The Hall–Kier alpha value is -3.74. The molecule has 3 N–H and O–H groups in total. The van der Waals surface area contributed by atoms with E-state index in [9.17, 15) is 23.9 Å². The smallest absolute Gasteiger partial charge is 0.321 e. The van der Waals surface area contributed by atoms with E-state index in [4.69, 9.17) is 9.47 Å². The van der Waals surface area contributed by atoms with Gasteiger partial charge in [0.2, 0.25) is 11.8 Å². The SMILES string of the molecule is C[C@@H]1CN([C@@H](C)CO)C(=O)Cc2cc(NC(=O)CCN3CCOCC3)ccc2O[C@H]1CN(C)C(=O)Nc1ccc(F)cc1. The van der Waals surface area contributed by atoms with Crippen molar-refractivity contribution in [1.29, 1.82) is 0 Å². The van der Waals surface area contributed by atoms with Crippen molar-refractivity contribution in [3.8, 4) is 5.75 Å². The van der Waals surface area contributed by atoms with Crippen molar-refractivity contribution in [2.75, 3.05) is 70.2 Å². The average molecular weight is 600 g/mol. The van der Waals surface area contributed by atoms with Crippen molar-refractivity contribution in [3.63, 3.8) is 0 Å². The van der Waals surface area contributed by atoms with Crippen molar-refractivity contribution in [1.82, 2.24) is 14.7 Å². The molecule has 1 saturated heterocycles. The summed E-state index contributed by atoms with van der Waals surface area (Å²) in [4.78, 5) is 44.4. The van der Waals surface area contributed by atoms with Crippen molar-refractivity contribution >= 4 is 29.2 Å². The summed E-state index contributed by atoms with van der Waals surface area (Å²) in [6.07, 6.45) is -0.145. The zero-order chi connectivity index (χ0) is 30.9. The Morgan fingerprint density at radius 2 is 1.81 bits per heavy atom. The molecule has 0 unspecified atom stereocenters. The third kappa shape index (κ3) is 9.12. The lowest BCUT2D eigenvalue weighted by Gasteiger charge is -2.34. The van der Waals surface area contributed by atoms with Crippen LogP contribution in [-0.4, -0.2) is 109 Å². The molecular formula is C31H42FN5O6. The largest absolute Gasteiger partial charge is 0.488 e. The van der Waals surface area contributed by atoms with Crippen LogP contribution < -0.4 is 15.4 Å². The number of likely N-dealkylation sites (N-methyl/N-ethyl adjacent to an activating group) is 1. The molecule has 0 bridgehead atoms. The molecule has 0 spiro atoms. The van der Waals surface area contributed by atoms with Crippen LogP contribution in [0.25, 0.3) is 0 Å². The number of halogens is 1. The highest BCUT2D eigenvalue weighted by Crippen LogP contribution is 2.29. The fourth-order valence-corrected chi connectivity index (χ4v) is 5.14. The lowest BCUT2D eigenvalue weighted by Crippen LogP contribution is -2.48. The number of rotatable bonds is 9. The van der Waals surface area contributed by atoms with Gasteiger partial charge in [-0.3, -0.25) is 14.5 Å². The number of benzene rings is 2. The highest BCUT2D eigenvalue weighted by Gasteiger charge is 2.32. The first-order valence-electron chi connectivity index (χ1n) is 14.7. The highest BCUT2D eigenvalue weighted by molar-refractivity contribution is 5.91. The lowest BCUT2D eigenvalue weighted by molar-refractivity contribution is -0.134. The molecule has 0 saturated carbocycles.